The Hall–Kier alpha value is -2.94. The van der Waals surface area contributed by atoms with Gasteiger partial charge >= 0.3 is 0 Å². The number of piperidine rings is 1. The fourth-order valence-electron chi connectivity index (χ4n) is 5.84. The first-order chi connectivity index (χ1) is 14.9. The number of fused-ring (bicyclic) bond motifs is 3. The number of nitriles is 2. The number of carbonyl (C=O) groups is 2. The number of likely N-dealkylation sites (tertiary alicyclic amines) is 3. The first kappa shape index (κ1) is 20.0. The molecule has 31 heavy (non-hydrogen) atoms. The number of rotatable bonds is 5. The van der Waals surface area contributed by atoms with Crippen LogP contribution in [0.2, 0.25) is 0 Å². The topological polar surface area (TPSA) is 117 Å². The maximum absolute atomic E-state index is 13.2. The molecular formula is C23H26N6O2. The molecule has 3 aliphatic heterocycles. The van der Waals surface area contributed by atoms with Crippen molar-refractivity contribution in [2.24, 2.45) is 11.7 Å². The van der Waals surface area contributed by atoms with Crippen molar-refractivity contribution in [2.45, 2.75) is 62.4 Å². The van der Waals surface area contributed by atoms with Gasteiger partial charge in [0.25, 0.3) is 0 Å². The van der Waals surface area contributed by atoms with Crippen LogP contribution >= 0.6 is 0 Å². The molecule has 4 aliphatic rings. The highest BCUT2D eigenvalue weighted by Gasteiger charge is 2.56. The number of amides is 2. The number of carbonyl (C=O) groups excluding carboxylic acids is 2. The third kappa shape index (κ3) is 3.18. The van der Waals surface area contributed by atoms with Crippen LogP contribution < -0.4 is 5.73 Å². The van der Waals surface area contributed by atoms with Gasteiger partial charge in [0.05, 0.1) is 35.8 Å². The van der Waals surface area contributed by atoms with Gasteiger partial charge in [-0.1, -0.05) is 12.1 Å². The lowest BCUT2D eigenvalue weighted by atomic mass is 10.0. The van der Waals surface area contributed by atoms with Gasteiger partial charge in [-0.25, -0.2) is 0 Å². The van der Waals surface area contributed by atoms with Crippen LogP contribution in [0.15, 0.2) is 24.3 Å². The van der Waals surface area contributed by atoms with Gasteiger partial charge in [-0.15, -0.1) is 0 Å². The van der Waals surface area contributed by atoms with Crippen LogP contribution in [0.4, 0.5) is 0 Å². The highest BCUT2D eigenvalue weighted by Crippen LogP contribution is 2.48. The van der Waals surface area contributed by atoms with Crippen LogP contribution in [0, 0.1) is 28.6 Å². The highest BCUT2D eigenvalue weighted by atomic mass is 16.2. The number of hydrogen-bond donors (Lipinski definition) is 1. The van der Waals surface area contributed by atoms with Crippen molar-refractivity contribution in [1.82, 2.24) is 14.7 Å². The molecule has 0 spiro atoms. The zero-order valence-electron chi connectivity index (χ0n) is 17.5. The van der Waals surface area contributed by atoms with E-state index in [-0.39, 0.29) is 42.0 Å². The Bertz CT molecular complexity index is 1010. The fraction of sp³-hybridized carbons (Fsp3) is 0.565. The van der Waals surface area contributed by atoms with E-state index in [2.05, 4.69) is 12.1 Å². The summed E-state index contributed by atoms with van der Waals surface area (Å²) >= 11 is 0. The van der Waals surface area contributed by atoms with Gasteiger partial charge in [0.15, 0.2) is 0 Å². The van der Waals surface area contributed by atoms with Crippen LogP contribution in [0.3, 0.4) is 0 Å². The lowest BCUT2D eigenvalue weighted by molar-refractivity contribution is -0.141. The van der Waals surface area contributed by atoms with Gasteiger partial charge in [0, 0.05) is 25.2 Å². The van der Waals surface area contributed by atoms with Crippen molar-refractivity contribution in [1.29, 1.82) is 10.5 Å². The zero-order valence-corrected chi connectivity index (χ0v) is 17.5. The Kier molecular flexibility index (Phi) is 4.73. The van der Waals surface area contributed by atoms with Crippen molar-refractivity contribution < 1.29 is 9.59 Å². The summed E-state index contributed by atoms with van der Waals surface area (Å²) in [6.45, 7) is 3.02. The summed E-state index contributed by atoms with van der Waals surface area (Å²) in [4.78, 5) is 31.8. The van der Waals surface area contributed by atoms with Gasteiger partial charge in [-0.05, 0) is 49.8 Å². The summed E-state index contributed by atoms with van der Waals surface area (Å²) in [5.41, 5.74) is 7.81. The van der Waals surface area contributed by atoms with Crippen molar-refractivity contribution in [3.8, 4) is 12.1 Å². The van der Waals surface area contributed by atoms with Crippen molar-refractivity contribution in [2.75, 3.05) is 13.1 Å². The second kappa shape index (κ2) is 7.33. The van der Waals surface area contributed by atoms with Gasteiger partial charge < -0.3 is 15.5 Å². The summed E-state index contributed by atoms with van der Waals surface area (Å²) < 4.78 is 0. The first-order valence-electron chi connectivity index (χ1n) is 11.0. The van der Waals surface area contributed by atoms with E-state index in [1.54, 1.807) is 11.0 Å². The molecule has 0 radical (unpaired) electrons. The maximum atomic E-state index is 13.2. The molecule has 8 nitrogen and oxygen atoms in total. The van der Waals surface area contributed by atoms with Crippen LogP contribution in [-0.4, -0.2) is 69.8 Å². The van der Waals surface area contributed by atoms with E-state index in [0.717, 1.165) is 24.8 Å². The van der Waals surface area contributed by atoms with Crippen molar-refractivity contribution >= 4 is 11.8 Å². The summed E-state index contributed by atoms with van der Waals surface area (Å²) in [6, 6.07) is 10.6. The second-order valence-corrected chi connectivity index (χ2v) is 9.31. The number of nitrogens with two attached hydrogens (primary N) is 1. The molecule has 1 saturated carbocycles. The Labute approximate surface area is 181 Å². The van der Waals surface area contributed by atoms with Crippen LogP contribution in [0.1, 0.15) is 43.4 Å². The van der Waals surface area contributed by atoms with Gasteiger partial charge in [0.2, 0.25) is 11.8 Å². The molecule has 1 aliphatic carbocycles. The quantitative estimate of drug-likeness (QED) is 0.754. The largest absolute Gasteiger partial charge is 0.330 e. The number of piperazine rings is 1. The third-order valence-electron chi connectivity index (χ3n) is 7.49. The Balaban J connectivity index is 1.24. The standard InChI is InChI=1S/C23H26N6O2/c1-13(15-4-2-3-14(5-15)9-24)28-18-8-21(23(28)31)27(11-18)12-19(26)22(30)29-17(10-25)6-16-7-20(16)29/h2-5,13,16-21H,6-8,11-12,26H2,1H3/t13-,16-,17+,18-,19+,20?,21-/m1/s1. The lowest BCUT2D eigenvalue weighted by Crippen LogP contribution is -2.57. The summed E-state index contributed by atoms with van der Waals surface area (Å²) in [5.74, 6) is 0.356. The van der Waals surface area contributed by atoms with Gasteiger partial charge in [-0.3, -0.25) is 14.5 Å². The average Bonchev–Trinajstić information content (AvgIpc) is 3.11. The molecule has 1 aromatic carbocycles. The molecule has 2 amide bonds. The summed E-state index contributed by atoms with van der Waals surface area (Å²) in [6.07, 6.45) is 2.47. The van der Waals surface area contributed by atoms with Gasteiger partial charge in [0.1, 0.15) is 6.04 Å². The average molecular weight is 419 g/mol. The summed E-state index contributed by atoms with van der Waals surface area (Å²) in [5, 5.41) is 18.5. The number of benzene rings is 1. The van der Waals surface area contributed by atoms with Gasteiger partial charge in [-0.2, -0.15) is 10.5 Å². The van der Waals surface area contributed by atoms with E-state index < -0.39 is 6.04 Å². The molecule has 7 atom stereocenters. The minimum atomic E-state index is -0.722. The molecule has 1 aromatic rings. The molecule has 3 saturated heterocycles. The van der Waals surface area contributed by atoms with E-state index in [1.165, 1.54) is 0 Å². The van der Waals surface area contributed by atoms with Crippen molar-refractivity contribution in [3.05, 3.63) is 35.4 Å². The lowest BCUT2D eigenvalue weighted by Gasteiger charge is -2.38. The second-order valence-electron chi connectivity index (χ2n) is 9.31. The van der Waals surface area contributed by atoms with Crippen LogP contribution in [0.5, 0.6) is 0 Å². The molecule has 160 valence electrons. The van der Waals surface area contributed by atoms with E-state index in [9.17, 15) is 14.9 Å². The molecule has 4 fully saturated rings. The Morgan fingerprint density at radius 1 is 1.29 bits per heavy atom. The number of nitrogens with zero attached hydrogens (tertiary/aromatic N) is 5. The molecule has 8 heteroatoms. The molecule has 0 aromatic heterocycles. The first-order valence-corrected chi connectivity index (χ1v) is 11.0. The fourth-order valence-corrected chi connectivity index (χ4v) is 5.84. The summed E-state index contributed by atoms with van der Waals surface area (Å²) in [7, 11) is 0. The smallest absolute Gasteiger partial charge is 0.242 e. The molecular weight excluding hydrogens is 392 g/mol. The molecule has 2 N–H and O–H groups in total. The highest BCUT2D eigenvalue weighted by molar-refractivity contribution is 5.87. The van der Waals surface area contributed by atoms with Crippen molar-refractivity contribution in [3.63, 3.8) is 0 Å². The minimum absolute atomic E-state index is 0.0593. The molecule has 5 rings (SSSR count). The Morgan fingerprint density at radius 2 is 2.10 bits per heavy atom. The maximum Gasteiger partial charge on any atom is 0.242 e. The van der Waals surface area contributed by atoms with E-state index in [4.69, 9.17) is 11.0 Å². The van der Waals surface area contributed by atoms with Crippen LogP contribution in [-0.2, 0) is 9.59 Å². The minimum Gasteiger partial charge on any atom is -0.330 e. The number of hydrogen-bond acceptors (Lipinski definition) is 6. The molecule has 3 heterocycles. The SMILES string of the molecule is C[C@H](c1cccc(C#N)c1)N1C(=O)[C@H]2C[C@@H]1CN2C[C@H](N)C(=O)N1C2C[C@H]2C[C@H]1C#N. The molecule has 2 bridgehead atoms. The zero-order chi connectivity index (χ0) is 21.9. The van der Waals surface area contributed by atoms with E-state index in [0.29, 0.717) is 24.6 Å². The van der Waals surface area contributed by atoms with E-state index in [1.807, 2.05) is 34.9 Å². The van der Waals surface area contributed by atoms with E-state index >= 15 is 0 Å². The molecule has 1 unspecified atom stereocenters. The normalized spacial score (nSPS) is 33.0. The van der Waals surface area contributed by atoms with Crippen LogP contribution in [0.25, 0.3) is 0 Å². The Morgan fingerprint density at radius 3 is 2.81 bits per heavy atom. The third-order valence-corrected chi connectivity index (χ3v) is 7.49. The monoisotopic (exact) mass is 418 g/mol. The predicted octanol–water partition coefficient (Wildman–Crippen LogP) is 0.745. The predicted molar refractivity (Wildman–Crippen MR) is 111 cm³/mol.